The number of hydrogen-bond acceptors (Lipinski definition) is 5. The lowest BCUT2D eigenvalue weighted by molar-refractivity contribution is -0.114. The third-order valence-corrected chi connectivity index (χ3v) is 3.65. The van der Waals surface area contributed by atoms with E-state index in [0.29, 0.717) is 24.9 Å². The van der Waals surface area contributed by atoms with Crippen LogP contribution in [-0.2, 0) is 9.53 Å². The van der Waals surface area contributed by atoms with Gasteiger partial charge in [-0.2, -0.15) is 0 Å². The zero-order valence-electron chi connectivity index (χ0n) is 13.9. The molecule has 128 valence electrons. The van der Waals surface area contributed by atoms with Crippen LogP contribution in [0.1, 0.15) is 48.5 Å². The molecule has 0 fully saturated rings. The first-order valence-electron chi connectivity index (χ1n) is 8.25. The third kappa shape index (κ3) is 4.98. The van der Waals surface area contributed by atoms with Crippen molar-refractivity contribution < 1.29 is 19.4 Å². The maximum atomic E-state index is 12.3. The molecule has 0 unspecified atom stereocenters. The van der Waals surface area contributed by atoms with Gasteiger partial charge in [-0.3, -0.25) is 4.79 Å². The fourth-order valence-electron chi connectivity index (χ4n) is 2.50. The summed E-state index contributed by atoms with van der Waals surface area (Å²) in [6.07, 6.45) is 9.39. The van der Waals surface area contributed by atoms with E-state index in [9.17, 15) is 14.7 Å². The summed E-state index contributed by atoms with van der Waals surface area (Å²) >= 11 is 0. The fourth-order valence-corrected chi connectivity index (χ4v) is 2.50. The Morgan fingerprint density at radius 2 is 1.96 bits per heavy atom. The minimum Gasteiger partial charge on any atom is -0.507 e. The van der Waals surface area contributed by atoms with E-state index in [1.54, 1.807) is 12.2 Å². The number of ketones is 1. The maximum Gasteiger partial charge on any atom is 0.342 e. The number of benzene rings is 1. The Hall–Kier alpha value is -2.56. The first kappa shape index (κ1) is 17.8. The summed E-state index contributed by atoms with van der Waals surface area (Å²) in [6.45, 7) is 2.83. The zero-order chi connectivity index (χ0) is 17.4. The average Bonchev–Trinajstić information content (AvgIpc) is 2.53. The summed E-state index contributed by atoms with van der Waals surface area (Å²) < 4.78 is 5.21. The van der Waals surface area contributed by atoms with Crippen LogP contribution in [0.2, 0.25) is 0 Å². The number of rotatable bonds is 2. The molecule has 1 aliphatic rings. The number of anilines is 1. The molecule has 0 amide bonds. The van der Waals surface area contributed by atoms with Crippen LogP contribution in [-0.4, -0.2) is 30.0 Å². The van der Waals surface area contributed by atoms with Crippen LogP contribution < -0.4 is 5.32 Å². The molecule has 24 heavy (non-hydrogen) atoms. The Labute approximate surface area is 142 Å². The van der Waals surface area contributed by atoms with Gasteiger partial charge in [0, 0.05) is 24.7 Å². The van der Waals surface area contributed by atoms with E-state index >= 15 is 0 Å². The molecule has 5 heteroatoms. The van der Waals surface area contributed by atoms with E-state index in [1.807, 2.05) is 19.1 Å². The summed E-state index contributed by atoms with van der Waals surface area (Å²) in [7, 11) is 0. The fraction of sp³-hybridized carbons (Fsp3) is 0.368. The largest absolute Gasteiger partial charge is 0.507 e. The van der Waals surface area contributed by atoms with Gasteiger partial charge < -0.3 is 15.2 Å². The van der Waals surface area contributed by atoms with Crippen LogP contribution in [0.4, 0.5) is 5.69 Å². The van der Waals surface area contributed by atoms with Crippen molar-refractivity contribution >= 4 is 23.5 Å². The Balaban J connectivity index is 2.32. The number of aromatic hydroxyl groups is 1. The van der Waals surface area contributed by atoms with Crippen LogP contribution >= 0.6 is 0 Å². The SMILES string of the molecule is CCNc1cc(O)c2c(c1)/C=C/CCCC(=O)/C=C\CCOC2=O. The number of allylic oxidation sites excluding steroid dienone is 2. The second-order valence-electron chi connectivity index (χ2n) is 5.58. The molecule has 0 radical (unpaired) electrons. The van der Waals surface area contributed by atoms with Gasteiger partial charge in [-0.1, -0.05) is 18.2 Å². The Kier molecular flexibility index (Phi) is 6.61. The number of hydrogen-bond donors (Lipinski definition) is 2. The first-order valence-corrected chi connectivity index (χ1v) is 8.25. The number of phenols is 1. The quantitative estimate of drug-likeness (QED) is 0.809. The van der Waals surface area contributed by atoms with Crippen molar-refractivity contribution in [2.75, 3.05) is 18.5 Å². The molecule has 2 N–H and O–H groups in total. The molecule has 1 aliphatic heterocycles. The van der Waals surface area contributed by atoms with Crippen molar-refractivity contribution in [2.45, 2.75) is 32.6 Å². The van der Waals surface area contributed by atoms with E-state index in [4.69, 9.17) is 4.74 Å². The molecule has 0 aliphatic carbocycles. The highest BCUT2D eigenvalue weighted by Gasteiger charge is 2.18. The minimum atomic E-state index is -0.563. The monoisotopic (exact) mass is 329 g/mol. The number of nitrogens with one attached hydrogen (secondary N) is 1. The Bertz CT molecular complexity index is 662. The van der Waals surface area contributed by atoms with Gasteiger partial charge in [0.05, 0.1) is 6.61 Å². The van der Waals surface area contributed by atoms with Crippen LogP contribution in [0.15, 0.2) is 30.4 Å². The second kappa shape index (κ2) is 8.91. The smallest absolute Gasteiger partial charge is 0.342 e. The van der Waals surface area contributed by atoms with Crippen LogP contribution in [0.25, 0.3) is 6.08 Å². The van der Waals surface area contributed by atoms with Gasteiger partial charge in [0.1, 0.15) is 11.3 Å². The lowest BCUT2D eigenvalue weighted by atomic mass is 10.0. The van der Waals surface area contributed by atoms with Crippen molar-refractivity contribution in [3.8, 4) is 5.75 Å². The van der Waals surface area contributed by atoms with Gasteiger partial charge in [-0.25, -0.2) is 4.79 Å². The highest BCUT2D eigenvalue weighted by molar-refractivity contribution is 5.97. The summed E-state index contributed by atoms with van der Waals surface area (Å²) in [5, 5.41) is 13.4. The first-order chi connectivity index (χ1) is 11.6. The number of ether oxygens (including phenoxy) is 1. The van der Waals surface area contributed by atoms with Crippen molar-refractivity contribution in [3.63, 3.8) is 0 Å². The molecular weight excluding hydrogens is 306 g/mol. The average molecular weight is 329 g/mol. The standard InChI is InChI=1S/C19H23NO4/c1-2-20-15-12-14-8-4-3-5-9-16(21)10-6-7-11-24-19(23)18(14)17(22)13-15/h4,6,8,10,12-13,20,22H,2-3,5,7,9,11H2,1H3/b8-4+,10-6-. The summed E-state index contributed by atoms with van der Waals surface area (Å²) in [6, 6.07) is 3.34. The molecule has 2 rings (SSSR count). The molecule has 1 heterocycles. The highest BCUT2D eigenvalue weighted by Crippen LogP contribution is 2.29. The number of esters is 1. The van der Waals surface area contributed by atoms with Gasteiger partial charge in [0.25, 0.3) is 0 Å². The van der Waals surface area contributed by atoms with Gasteiger partial charge in [-0.05, 0) is 43.9 Å². The van der Waals surface area contributed by atoms with Gasteiger partial charge in [-0.15, -0.1) is 0 Å². The third-order valence-electron chi connectivity index (χ3n) is 3.65. The zero-order valence-corrected chi connectivity index (χ0v) is 13.9. The predicted octanol–water partition coefficient (Wildman–Crippen LogP) is 3.69. The van der Waals surface area contributed by atoms with Crippen molar-refractivity contribution in [1.29, 1.82) is 0 Å². The Morgan fingerprint density at radius 3 is 2.75 bits per heavy atom. The lowest BCUT2D eigenvalue weighted by Crippen LogP contribution is -2.09. The highest BCUT2D eigenvalue weighted by atomic mass is 16.5. The molecule has 0 saturated carbocycles. The number of phenolic OH excluding ortho intramolecular Hbond substituents is 1. The van der Waals surface area contributed by atoms with Crippen molar-refractivity contribution in [2.24, 2.45) is 0 Å². The van der Waals surface area contributed by atoms with Gasteiger partial charge >= 0.3 is 5.97 Å². The molecule has 0 atom stereocenters. The molecule has 0 saturated heterocycles. The van der Waals surface area contributed by atoms with Crippen molar-refractivity contribution in [3.05, 3.63) is 41.5 Å². The van der Waals surface area contributed by atoms with Crippen molar-refractivity contribution in [1.82, 2.24) is 0 Å². The minimum absolute atomic E-state index is 0.0827. The van der Waals surface area contributed by atoms with Crippen LogP contribution in [0.5, 0.6) is 5.75 Å². The van der Waals surface area contributed by atoms with E-state index in [0.717, 1.165) is 18.5 Å². The Morgan fingerprint density at radius 1 is 1.17 bits per heavy atom. The molecular formula is C19H23NO4. The van der Waals surface area contributed by atoms with Gasteiger partial charge in [0.15, 0.2) is 5.78 Å². The molecule has 1 aromatic carbocycles. The molecule has 1 aromatic rings. The summed E-state index contributed by atoms with van der Waals surface area (Å²) in [4.78, 5) is 23.9. The van der Waals surface area contributed by atoms with E-state index < -0.39 is 5.97 Å². The second-order valence-corrected chi connectivity index (χ2v) is 5.58. The molecule has 0 bridgehead atoms. The maximum absolute atomic E-state index is 12.3. The van der Waals surface area contributed by atoms with Crippen LogP contribution in [0.3, 0.4) is 0 Å². The number of fused-ring (bicyclic) bond motifs is 1. The number of cyclic esters (lactones) is 1. The number of carbonyl (C=O) groups is 2. The van der Waals surface area contributed by atoms with Crippen LogP contribution in [0, 0.1) is 0 Å². The summed E-state index contributed by atoms with van der Waals surface area (Å²) in [5.74, 6) is -0.581. The summed E-state index contributed by atoms with van der Waals surface area (Å²) in [5.41, 5.74) is 1.52. The lowest BCUT2D eigenvalue weighted by Gasteiger charge is -2.12. The topological polar surface area (TPSA) is 75.6 Å². The normalized spacial score (nSPS) is 18.9. The van der Waals surface area contributed by atoms with E-state index in [2.05, 4.69) is 5.32 Å². The van der Waals surface area contributed by atoms with Gasteiger partial charge in [0.2, 0.25) is 0 Å². The van der Waals surface area contributed by atoms with E-state index in [1.165, 1.54) is 12.1 Å². The predicted molar refractivity (Wildman–Crippen MR) is 94.2 cm³/mol. The molecule has 5 nitrogen and oxygen atoms in total. The molecule has 0 aromatic heterocycles. The van der Waals surface area contributed by atoms with E-state index in [-0.39, 0.29) is 23.7 Å². The number of carbonyl (C=O) groups excluding carboxylic acids is 2. The molecule has 0 spiro atoms.